The van der Waals surface area contributed by atoms with E-state index in [1.165, 1.54) is 0 Å². The number of likely N-dealkylation sites (N-methyl/N-ethyl adjacent to an activating group) is 1. The first-order valence-electron chi connectivity index (χ1n) is 4.32. The Bertz CT molecular complexity index is 290. The summed E-state index contributed by atoms with van der Waals surface area (Å²) in [5.41, 5.74) is 1.65. The lowest BCUT2D eigenvalue weighted by molar-refractivity contribution is -0.105. The van der Waals surface area contributed by atoms with Gasteiger partial charge in [-0.25, -0.2) is 0 Å². The van der Waals surface area contributed by atoms with Crippen LogP contribution in [0.15, 0.2) is 36.0 Å². The summed E-state index contributed by atoms with van der Waals surface area (Å²) in [5, 5.41) is 2.97. The third-order valence-corrected chi connectivity index (χ3v) is 1.63. The Morgan fingerprint density at radius 3 is 2.62 bits per heavy atom. The van der Waals surface area contributed by atoms with E-state index >= 15 is 0 Å². The van der Waals surface area contributed by atoms with Crippen molar-refractivity contribution in [1.82, 2.24) is 5.32 Å². The molecule has 0 fully saturated rings. The van der Waals surface area contributed by atoms with Crippen LogP contribution in [0.5, 0.6) is 0 Å². The second-order valence-electron chi connectivity index (χ2n) is 2.66. The van der Waals surface area contributed by atoms with Crippen LogP contribution in [0.4, 0.5) is 0 Å². The van der Waals surface area contributed by atoms with Crippen LogP contribution in [0.3, 0.4) is 0 Å². The summed E-state index contributed by atoms with van der Waals surface area (Å²) < 4.78 is 0. The molecule has 0 heterocycles. The van der Waals surface area contributed by atoms with E-state index in [2.05, 4.69) is 5.32 Å². The molecule has 0 atom stereocenters. The lowest BCUT2D eigenvalue weighted by atomic mass is 10.2. The van der Waals surface area contributed by atoms with Gasteiger partial charge in [0.05, 0.1) is 5.70 Å². The van der Waals surface area contributed by atoms with Crippen LogP contribution in [0.1, 0.15) is 12.5 Å². The van der Waals surface area contributed by atoms with Crippen molar-refractivity contribution >= 4 is 12.4 Å². The lowest BCUT2D eigenvalue weighted by Crippen LogP contribution is -2.12. The zero-order chi connectivity index (χ0) is 9.52. The molecule has 0 radical (unpaired) electrons. The van der Waals surface area contributed by atoms with Crippen LogP contribution in [0.25, 0.3) is 6.08 Å². The number of hydrogen-bond donors (Lipinski definition) is 1. The summed E-state index contributed by atoms with van der Waals surface area (Å²) in [6, 6.07) is 9.76. The minimum absolute atomic E-state index is 0.619. The molecule has 0 unspecified atom stereocenters. The quantitative estimate of drug-likeness (QED) is 0.558. The second kappa shape index (κ2) is 5.14. The number of carbonyl (C=O) groups is 1. The topological polar surface area (TPSA) is 29.1 Å². The van der Waals surface area contributed by atoms with Gasteiger partial charge >= 0.3 is 0 Å². The zero-order valence-electron chi connectivity index (χ0n) is 7.66. The van der Waals surface area contributed by atoms with E-state index in [0.717, 1.165) is 18.4 Å². The van der Waals surface area contributed by atoms with Gasteiger partial charge in [-0.2, -0.15) is 0 Å². The van der Waals surface area contributed by atoms with Crippen molar-refractivity contribution in [3.63, 3.8) is 0 Å². The first kappa shape index (κ1) is 9.52. The Morgan fingerprint density at radius 1 is 1.38 bits per heavy atom. The molecule has 0 aliphatic rings. The third-order valence-electron chi connectivity index (χ3n) is 1.63. The number of benzene rings is 1. The summed E-state index contributed by atoms with van der Waals surface area (Å²) in [7, 11) is 0. The lowest BCUT2D eigenvalue weighted by Gasteiger charge is -2.00. The minimum atomic E-state index is 0.619. The van der Waals surface area contributed by atoms with Gasteiger partial charge < -0.3 is 5.32 Å². The van der Waals surface area contributed by atoms with Crippen molar-refractivity contribution in [1.29, 1.82) is 0 Å². The van der Waals surface area contributed by atoms with Crippen molar-refractivity contribution in [3.05, 3.63) is 41.6 Å². The maximum Gasteiger partial charge on any atom is 0.165 e. The highest BCUT2D eigenvalue weighted by molar-refractivity contribution is 5.80. The normalized spacial score (nSPS) is 11.0. The molecule has 0 spiro atoms. The van der Waals surface area contributed by atoms with Gasteiger partial charge in [0.15, 0.2) is 6.29 Å². The maximum atomic E-state index is 10.6. The Kier molecular flexibility index (Phi) is 3.76. The number of allylic oxidation sites excluding steroid dienone is 1. The highest BCUT2D eigenvalue weighted by Crippen LogP contribution is 2.02. The molecule has 2 heteroatoms. The molecular weight excluding hydrogens is 162 g/mol. The second-order valence-corrected chi connectivity index (χ2v) is 2.66. The number of aldehydes is 1. The Hall–Kier alpha value is -1.57. The summed E-state index contributed by atoms with van der Waals surface area (Å²) in [4.78, 5) is 10.6. The third kappa shape index (κ3) is 3.11. The molecule has 0 bridgehead atoms. The fourth-order valence-electron chi connectivity index (χ4n) is 1.06. The predicted molar refractivity (Wildman–Crippen MR) is 54.2 cm³/mol. The van der Waals surface area contributed by atoms with E-state index in [-0.39, 0.29) is 0 Å². The molecule has 0 saturated carbocycles. The predicted octanol–water partition coefficient (Wildman–Crippen LogP) is 1.84. The number of nitrogens with one attached hydrogen (secondary N) is 1. The smallest absolute Gasteiger partial charge is 0.165 e. The summed E-state index contributed by atoms with van der Waals surface area (Å²) in [5.74, 6) is 0. The van der Waals surface area contributed by atoms with E-state index in [4.69, 9.17) is 0 Å². The van der Waals surface area contributed by atoms with Gasteiger partial charge in [0, 0.05) is 6.54 Å². The van der Waals surface area contributed by atoms with Crippen molar-refractivity contribution in [2.75, 3.05) is 6.54 Å². The van der Waals surface area contributed by atoms with Gasteiger partial charge in [0.1, 0.15) is 0 Å². The fraction of sp³-hybridized carbons (Fsp3) is 0.182. The standard InChI is InChI=1S/C11H13NO/c1-2-12-11(9-13)8-10-6-4-3-5-7-10/h3-9,12H,2H2,1H3. The maximum absolute atomic E-state index is 10.6. The van der Waals surface area contributed by atoms with Crippen molar-refractivity contribution < 1.29 is 4.79 Å². The molecule has 1 aromatic carbocycles. The van der Waals surface area contributed by atoms with Crippen LogP contribution < -0.4 is 5.32 Å². The molecule has 1 rings (SSSR count). The Labute approximate surface area is 78.3 Å². The van der Waals surface area contributed by atoms with Gasteiger partial charge in [-0.3, -0.25) is 4.79 Å². The van der Waals surface area contributed by atoms with Gasteiger partial charge in [-0.15, -0.1) is 0 Å². The summed E-state index contributed by atoms with van der Waals surface area (Å²) >= 11 is 0. The fourth-order valence-corrected chi connectivity index (χ4v) is 1.06. The first-order chi connectivity index (χ1) is 6.36. The van der Waals surface area contributed by atoms with Crippen molar-refractivity contribution in [2.24, 2.45) is 0 Å². The summed E-state index contributed by atoms with van der Waals surface area (Å²) in [6.07, 6.45) is 2.66. The number of hydrogen-bond acceptors (Lipinski definition) is 2. The molecule has 0 aliphatic carbocycles. The Morgan fingerprint density at radius 2 is 2.08 bits per heavy atom. The molecule has 1 N–H and O–H groups in total. The van der Waals surface area contributed by atoms with Gasteiger partial charge in [-0.1, -0.05) is 30.3 Å². The molecule has 13 heavy (non-hydrogen) atoms. The van der Waals surface area contributed by atoms with E-state index in [1.54, 1.807) is 0 Å². The number of carbonyl (C=O) groups excluding carboxylic acids is 1. The monoisotopic (exact) mass is 175 g/mol. The molecule has 0 amide bonds. The van der Waals surface area contributed by atoms with E-state index < -0.39 is 0 Å². The molecule has 2 nitrogen and oxygen atoms in total. The van der Waals surface area contributed by atoms with Crippen molar-refractivity contribution in [3.8, 4) is 0 Å². The van der Waals surface area contributed by atoms with Gasteiger partial charge in [-0.05, 0) is 18.6 Å². The molecule has 1 aromatic rings. The SMILES string of the molecule is CCNC(C=O)=Cc1ccccc1. The van der Waals surface area contributed by atoms with Gasteiger partial charge in [0.25, 0.3) is 0 Å². The Balaban J connectivity index is 2.79. The molecule has 0 saturated heterocycles. The van der Waals surface area contributed by atoms with E-state index in [0.29, 0.717) is 5.70 Å². The van der Waals surface area contributed by atoms with E-state index in [1.807, 2.05) is 43.3 Å². The largest absolute Gasteiger partial charge is 0.383 e. The number of rotatable bonds is 4. The average Bonchev–Trinajstić information content (AvgIpc) is 2.19. The van der Waals surface area contributed by atoms with Gasteiger partial charge in [0.2, 0.25) is 0 Å². The minimum Gasteiger partial charge on any atom is -0.383 e. The highest BCUT2D eigenvalue weighted by Gasteiger charge is 1.91. The highest BCUT2D eigenvalue weighted by atomic mass is 16.1. The molecule has 0 aliphatic heterocycles. The average molecular weight is 175 g/mol. The van der Waals surface area contributed by atoms with Crippen LogP contribution in [-0.2, 0) is 4.79 Å². The van der Waals surface area contributed by atoms with Crippen LogP contribution >= 0.6 is 0 Å². The summed E-state index contributed by atoms with van der Waals surface area (Å²) in [6.45, 7) is 2.72. The molecular formula is C11H13NO. The van der Waals surface area contributed by atoms with Crippen LogP contribution in [0, 0.1) is 0 Å². The first-order valence-corrected chi connectivity index (χ1v) is 4.32. The zero-order valence-corrected chi connectivity index (χ0v) is 7.66. The van der Waals surface area contributed by atoms with Crippen LogP contribution in [0.2, 0.25) is 0 Å². The van der Waals surface area contributed by atoms with E-state index in [9.17, 15) is 4.79 Å². The van der Waals surface area contributed by atoms with Crippen LogP contribution in [-0.4, -0.2) is 12.8 Å². The molecule has 68 valence electrons. The molecule has 0 aromatic heterocycles. The van der Waals surface area contributed by atoms with Crippen molar-refractivity contribution in [2.45, 2.75) is 6.92 Å².